The first-order valence-electron chi connectivity index (χ1n) is 11.0. The molecule has 32 heavy (non-hydrogen) atoms. The zero-order valence-corrected chi connectivity index (χ0v) is 19.9. The lowest BCUT2D eigenvalue weighted by Gasteiger charge is -2.13. The summed E-state index contributed by atoms with van der Waals surface area (Å²) in [7, 11) is 3.18. The van der Waals surface area contributed by atoms with Crippen LogP contribution in [-0.2, 0) is 7.05 Å². The molecule has 3 rings (SSSR count). The molecule has 0 N–H and O–H groups in total. The molecule has 1 saturated carbocycles. The SMILES string of the molecule is C=C(CC)C(=CC=C(C)C)C1CC1COc1nc(C)ncc1-c1cc(OC)c(=O)n(C)c1. The highest BCUT2D eigenvalue weighted by molar-refractivity contribution is 5.68. The molecule has 0 radical (unpaired) electrons. The predicted octanol–water partition coefficient (Wildman–Crippen LogP) is 5.03. The first-order chi connectivity index (χ1) is 15.2. The smallest absolute Gasteiger partial charge is 0.292 e. The molecule has 2 aromatic rings. The fourth-order valence-corrected chi connectivity index (χ4v) is 3.69. The second-order valence-electron chi connectivity index (χ2n) is 8.59. The number of hydrogen-bond donors (Lipinski definition) is 0. The molecule has 0 aliphatic heterocycles. The molecule has 6 heteroatoms. The van der Waals surface area contributed by atoms with Crippen molar-refractivity contribution in [1.29, 1.82) is 0 Å². The third-order valence-corrected chi connectivity index (χ3v) is 5.74. The van der Waals surface area contributed by atoms with Crippen LogP contribution in [0.1, 0.15) is 39.4 Å². The number of methoxy groups -OCH3 is 1. The number of pyridine rings is 1. The topological polar surface area (TPSA) is 66.2 Å². The second-order valence-corrected chi connectivity index (χ2v) is 8.59. The normalized spacial score (nSPS) is 17.6. The van der Waals surface area contributed by atoms with Gasteiger partial charge < -0.3 is 14.0 Å². The van der Waals surface area contributed by atoms with Crippen molar-refractivity contribution in [3.05, 3.63) is 70.1 Å². The van der Waals surface area contributed by atoms with E-state index in [-0.39, 0.29) is 11.3 Å². The molecule has 2 aromatic heterocycles. The number of rotatable bonds is 9. The minimum Gasteiger partial charge on any atom is -0.491 e. The van der Waals surface area contributed by atoms with E-state index in [4.69, 9.17) is 9.47 Å². The van der Waals surface area contributed by atoms with Crippen LogP contribution in [0.3, 0.4) is 0 Å². The summed E-state index contributed by atoms with van der Waals surface area (Å²) in [5.41, 5.74) is 5.10. The largest absolute Gasteiger partial charge is 0.491 e. The zero-order valence-electron chi connectivity index (χ0n) is 19.9. The van der Waals surface area contributed by atoms with Crippen LogP contribution in [0.5, 0.6) is 11.6 Å². The fourth-order valence-electron chi connectivity index (χ4n) is 3.69. The van der Waals surface area contributed by atoms with E-state index in [1.165, 1.54) is 28.4 Å². The van der Waals surface area contributed by atoms with E-state index in [1.54, 1.807) is 25.5 Å². The molecule has 170 valence electrons. The van der Waals surface area contributed by atoms with Crippen LogP contribution in [0.2, 0.25) is 0 Å². The Balaban J connectivity index is 1.82. The van der Waals surface area contributed by atoms with Crippen molar-refractivity contribution >= 4 is 0 Å². The van der Waals surface area contributed by atoms with Crippen LogP contribution in [0, 0.1) is 18.8 Å². The van der Waals surface area contributed by atoms with Gasteiger partial charge in [0, 0.05) is 30.9 Å². The van der Waals surface area contributed by atoms with E-state index in [9.17, 15) is 4.79 Å². The van der Waals surface area contributed by atoms with Crippen molar-refractivity contribution in [1.82, 2.24) is 14.5 Å². The average molecular weight is 436 g/mol. The Labute approximate surface area is 190 Å². The highest BCUT2D eigenvalue weighted by atomic mass is 16.5. The lowest BCUT2D eigenvalue weighted by Crippen LogP contribution is -2.18. The number of allylic oxidation sites excluding steroid dienone is 5. The van der Waals surface area contributed by atoms with Crippen LogP contribution in [0.15, 0.2) is 58.7 Å². The van der Waals surface area contributed by atoms with Crippen molar-refractivity contribution in [2.45, 2.75) is 40.5 Å². The van der Waals surface area contributed by atoms with Crippen LogP contribution in [-0.4, -0.2) is 28.3 Å². The van der Waals surface area contributed by atoms with E-state index in [0.717, 1.165) is 24.0 Å². The van der Waals surface area contributed by atoms with Crippen molar-refractivity contribution in [2.75, 3.05) is 13.7 Å². The summed E-state index contributed by atoms with van der Waals surface area (Å²) in [6.45, 7) is 13.0. The van der Waals surface area contributed by atoms with Gasteiger partial charge in [-0.2, -0.15) is 4.98 Å². The third-order valence-electron chi connectivity index (χ3n) is 5.74. The van der Waals surface area contributed by atoms with Crippen LogP contribution in [0.25, 0.3) is 11.1 Å². The van der Waals surface area contributed by atoms with E-state index in [2.05, 4.69) is 49.5 Å². The molecule has 6 nitrogen and oxygen atoms in total. The summed E-state index contributed by atoms with van der Waals surface area (Å²) in [5, 5.41) is 0. The van der Waals surface area contributed by atoms with Crippen LogP contribution in [0.4, 0.5) is 0 Å². The Morgan fingerprint density at radius 2 is 2.09 bits per heavy atom. The fraction of sp³-hybridized carbons (Fsp3) is 0.423. The molecule has 1 aliphatic carbocycles. The predicted molar refractivity (Wildman–Crippen MR) is 128 cm³/mol. The Bertz CT molecular complexity index is 1120. The van der Waals surface area contributed by atoms with Gasteiger partial charge in [0.1, 0.15) is 5.82 Å². The Morgan fingerprint density at radius 1 is 1.34 bits per heavy atom. The van der Waals surface area contributed by atoms with Crippen LogP contribution >= 0.6 is 0 Å². The van der Waals surface area contributed by atoms with Gasteiger partial charge in [0.25, 0.3) is 5.56 Å². The molecule has 0 aromatic carbocycles. The maximum Gasteiger partial charge on any atom is 0.292 e. The molecule has 2 heterocycles. The lowest BCUT2D eigenvalue weighted by atomic mass is 9.98. The maximum atomic E-state index is 12.2. The number of hydrogen-bond acceptors (Lipinski definition) is 5. The van der Waals surface area contributed by atoms with Gasteiger partial charge in [-0.15, -0.1) is 0 Å². The lowest BCUT2D eigenvalue weighted by molar-refractivity contribution is 0.284. The minimum atomic E-state index is -0.195. The summed E-state index contributed by atoms with van der Waals surface area (Å²) < 4.78 is 12.9. The molecular weight excluding hydrogens is 402 g/mol. The van der Waals surface area contributed by atoms with Gasteiger partial charge in [-0.05, 0) is 51.2 Å². The monoisotopic (exact) mass is 435 g/mol. The molecule has 0 bridgehead atoms. The standard InChI is InChI=1S/C26H33N3O3/c1-8-17(4)21(10-9-16(2)3)22-11-20(22)15-32-25-23(13-27-18(5)28-25)19-12-24(31-7)26(30)29(6)14-19/h9-10,12-14,20,22H,4,8,11,15H2,1-3,5-7H3. The summed E-state index contributed by atoms with van der Waals surface area (Å²) in [6, 6.07) is 1.70. The van der Waals surface area contributed by atoms with Crippen molar-refractivity contribution in [3.63, 3.8) is 0 Å². The van der Waals surface area contributed by atoms with Crippen LogP contribution < -0.4 is 15.0 Å². The minimum absolute atomic E-state index is 0.195. The Morgan fingerprint density at radius 3 is 2.75 bits per heavy atom. The van der Waals surface area contributed by atoms with E-state index in [1.807, 2.05) is 6.92 Å². The Hall–Kier alpha value is -3.15. The van der Waals surface area contributed by atoms with Crippen molar-refractivity contribution in [3.8, 4) is 22.8 Å². The highest BCUT2D eigenvalue weighted by Gasteiger charge is 2.40. The highest BCUT2D eigenvalue weighted by Crippen LogP contribution is 2.47. The van der Waals surface area contributed by atoms with Crippen molar-refractivity contribution in [2.24, 2.45) is 18.9 Å². The van der Waals surface area contributed by atoms with Gasteiger partial charge in [-0.1, -0.05) is 36.8 Å². The third kappa shape index (κ3) is 5.36. The summed E-state index contributed by atoms with van der Waals surface area (Å²) in [4.78, 5) is 21.1. The van der Waals surface area contributed by atoms with E-state index >= 15 is 0 Å². The molecule has 0 saturated heterocycles. The molecule has 2 atom stereocenters. The van der Waals surface area contributed by atoms with Crippen molar-refractivity contribution < 1.29 is 9.47 Å². The number of nitrogens with zero attached hydrogens (tertiary/aromatic N) is 3. The maximum absolute atomic E-state index is 12.2. The summed E-state index contributed by atoms with van der Waals surface area (Å²) in [6.07, 6.45) is 9.87. The van der Waals surface area contributed by atoms with Gasteiger partial charge in [0.05, 0.1) is 19.3 Å². The van der Waals surface area contributed by atoms with E-state index < -0.39 is 0 Å². The first-order valence-corrected chi connectivity index (χ1v) is 11.0. The number of aromatic nitrogens is 3. The number of aryl methyl sites for hydroxylation is 2. The van der Waals surface area contributed by atoms with E-state index in [0.29, 0.717) is 30.1 Å². The summed E-state index contributed by atoms with van der Waals surface area (Å²) in [5.74, 6) is 2.31. The van der Waals surface area contributed by atoms with Gasteiger partial charge in [-0.3, -0.25) is 4.79 Å². The zero-order chi connectivity index (χ0) is 23.4. The molecule has 0 spiro atoms. The second kappa shape index (κ2) is 9.98. The van der Waals surface area contributed by atoms with Gasteiger partial charge in [0.2, 0.25) is 5.88 Å². The molecular formula is C26H33N3O3. The Kier molecular flexibility index (Phi) is 7.33. The summed E-state index contributed by atoms with van der Waals surface area (Å²) >= 11 is 0. The van der Waals surface area contributed by atoms with Gasteiger partial charge in [0.15, 0.2) is 5.75 Å². The molecule has 1 fully saturated rings. The average Bonchev–Trinajstić information content (AvgIpc) is 3.53. The molecule has 0 amide bonds. The number of ether oxygens (including phenoxy) is 2. The quantitative estimate of drug-likeness (QED) is 0.517. The first kappa shape index (κ1) is 23.5. The van der Waals surface area contributed by atoms with Gasteiger partial charge in [-0.25, -0.2) is 4.98 Å². The molecule has 2 unspecified atom stereocenters. The molecule has 1 aliphatic rings. The van der Waals surface area contributed by atoms with Gasteiger partial charge >= 0.3 is 0 Å².